The van der Waals surface area contributed by atoms with Gasteiger partial charge in [-0.25, -0.2) is 13.2 Å². The Bertz CT molecular complexity index is 621. The van der Waals surface area contributed by atoms with Gasteiger partial charge in [-0.15, -0.1) is 0 Å². The minimum atomic E-state index is -1.54. The number of aliphatic hydroxyl groups is 1. The Labute approximate surface area is 112 Å². The maximum atomic E-state index is 13.2. The molecule has 1 aromatic carbocycles. The van der Waals surface area contributed by atoms with Crippen LogP contribution < -0.4 is 0 Å². The second-order valence-electron chi connectivity index (χ2n) is 4.81. The number of nitrogens with zero attached hydrogens (tertiary/aromatic N) is 2. The van der Waals surface area contributed by atoms with E-state index in [1.54, 1.807) is 0 Å². The molecule has 1 N–H and O–H groups in total. The summed E-state index contributed by atoms with van der Waals surface area (Å²) in [5.74, 6) is -4.22. The molecule has 0 saturated heterocycles. The zero-order valence-corrected chi connectivity index (χ0v) is 10.3. The van der Waals surface area contributed by atoms with Crippen LogP contribution in [-0.4, -0.2) is 21.4 Å². The van der Waals surface area contributed by atoms with Crippen LogP contribution >= 0.6 is 0 Å². The molecule has 1 aliphatic rings. The number of aliphatic hydroxyl groups excluding tert-OH is 1. The van der Waals surface area contributed by atoms with Gasteiger partial charge >= 0.3 is 0 Å². The molecule has 7 heteroatoms. The van der Waals surface area contributed by atoms with Crippen molar-refractivity contribution < 1.29 is 22.8 Å². The predicted molar refractivity (Wildman–Crippen MR) is 62.2 cm³/mol. The zero-order chi connectivity index (χ0) is 14.3. The number of rotatable bonds is 2. The van der Waals surface area contributed by atoms with Gasteiger partial charge < -0.3 is 9.63 Å². The van der Waals surface area contributed by atoms with Crippen LogP contribution in [0.25, 0.3) is 11.4 Å². The van der Waals surface area contributed by atoms with E-state index < -0.39 is 23.6 Å². The van der Waals surface area contributed by atoms with Gasteiger partial charge in [-0.05, 0) is 31.4 Å². The van der Waals surface area contributed by atoms with Crippen molar-refractivity contribution in [2.24, 2.45) is 0 Å². The summed E-state index contributed by atoms with van der Waals surface area (Å²) < 4.78 is 44.2. The van der Waals surface area contributed by atoms with E-state index >= 15 is 0 Å². The maximum Gasteiger partial charge on any atom is 0.232 e. The Morgan fingerprint density at radius 1 is 1.15 bits per heavy atom. The Hall–Kier alpha value is -1.89. The number of benzene rings is 1. The Morgan fingerprint density at radius 3 is 2.45 bits per heavy atom. The molecule has 1 aromatic heterocycles. The third-order valence-corrected chi connectivity index (χ3v) is 3.48. The van der Waals surface area contributed by atoms with Crippen LogP contribution in [0.2, 0.25) is 0 Å². The van der Waals surface area contributed by atoms with E-state index in [-0.39, 0.29) is 23.2 Å². The molecule has 0 aliphatic heterocycles. The van der Waals surface area contributed by atoms with Gasteiger partial charge in [0.2, 0.25) is 11.7 Å². The first-order chi connectivity index (χ1) is 9.56. The molecule has 1 saturated carbocycles. The fraction of sp³-hybridized carbons (Fsp3) is 0.385. The average Bonchev–Trinajstić information content (AvgIpc) is 3.03. The van der Waals surface area contributed by atoms with Gasteiger partial charge in [0.1, 0.15) is 0 Å². The van der Waals surface area contributed by atoms with Crippen LogP contribution in [0.4, 0.5) is 13.2 Å². The summed E-state index contributed by atoms with van der Waals surface area (Å²) in [6.07, 6.45) is 1.67. The van der Waals surface area contributed by atoms with Crippen LogP contribution in [0.1, 0.15) is 31.1 Å². The first kappa shape index (κ1) is 13.1. The molecule has 2 unspecified atom stereocenters. The SMILES string of the molecule is OC1CCCC1c1nc(-c2cc(F)c(F)c(F)c2)no1. The van der Waals surface area contributed by atoms with E-state index in [1.165, 1.54) is 0 Å². The smallest absolute Gasteiger partial charge is 0.232 e. The molecule has 1 aliphatic carbocycles. The summed E-state index contributed by atoms with van der Waals surface area (Å²) in [6.45, 7) is 0. The third kappa shape index (κ3) is 2.18. The molecule has 1 heterocycles. The summed E-state index contributed by atoms with van der Waals surface area (Å²) in [5, 5.41) is 13.4. The third-order valence-electron chi connectivity index (χ3n) is 3.48. The minimum Gasteiger partial charge on any atom is -0.392 e. The van der Waals surface area contributed by atoms with Crippen LogP contribution in [-0.2, 0) is 0 Å². The van der Waals surface area contributed by atoms with Crippen LogP contribution in [0.3, 0.4) is 0 Å². The van der Waals surface area contributed by atoms with Crippen molar-refractivity contribution in [2.45, 2.75) is 31.3 Å². The van der Waals surface area contributed by atoms with Crippen molar-refractivity contribution >= 4 is 0 Å². The fourth-order valence-electron chi connectivity index (χ4n) is 2.42. The molecule has 2 atom stereocenters. The van der Waals surface area contributed by atoms with Crippen molar-refractivity contribution in [1.82, 2.24) is 10.1 Å². The van der Waals surface area contributed by atoms with E-state index in [1.807, 2.05) is 0 Å². The van der Waals surface area contributed by atoms with Gasteiger partial charge in [-0.2, -0.15) is 4.98 Å². The molecule has 106 valence electrons. The monoisotopic (exact) mass is 284 g/mol. The van der Waals surface area contributed by atoms with Crippen molar-refractivity contribution in [3.8, 4) is 11.4 Å². The van der Waals surface area contributed by atoms with Gasteiger partial charge in [-0.1, -0.05) is 5.16 Å². The number of hydrogen-bond donors (Lipinski definition) is 1. The van der Waals surface area contributed by atoms with Gasteiger partial charge in [0.05, 0.1) is 12.0 Å². The molecule has 0 amide bonds. The second-order valence-corrected chi connectivity index (χ2v) is 4.81. The Morgan fingerprint density at radius 2 is 1.85 bits per heavy atom. The summed E-state index contributed by atoms with van der Waals surface area (Å²) in [4.78, 5) is 4.03. The highest BCUT2D eigenvalue weighted by Gasteiger charge is 2.31. The van der Waals surface area contributed by atoms with Gasteiger partial charge in [0, 0.05) is 5.56 Å². The van der Waals surface area contributed by atoms with E-state index in [4.69, 9.17) is 4.52 Å². The first-order valence-corrected chi connectivity index (χ1v) is 6.23. The molecule has 20 heavy (non-hydrogen) atoms. The molecular formula is C13H11F3N2O2. The number of halogens is 3. The normalized spacial score (nSPS) is 22.4. The molecule has 2 aromatic rings. The van der Waals surface area contributed by atoms with E-state index in [0.29, 0.717) is 6.42 Å². The summed E-state index contributed by atoms with van der Waals surface area (Å²) in [5.41, 5.74) is -0.0103. The first-order valence-electron chi connectivity index (χ1n) is 6.23. The molecule has 1 fully saturated rings. The highest BCUT2D eigenvalue weighted by atomic mass is 19.2. The van der Waals surface area contributed by atoms with Crippen molar-refractivity contribution in [2.75, 3.05) is 0 Å². The second kappa shape index (κ2) is 4.90. The van der Waals surface area contributed by atoms with E-state index in [2.05, 4.69) is 10.1 Å². The lowest BCUT2D eigenvalue weighted by Crippen LogP contribution is -2.11. The van der Waals surface area contributed by atoms with Gasteiger partial charge in [-0.3, -0.25) is 0 Å². The summed E-state index contributed by atoms with van der Waals surface area (Å²) in [6, 6.07) is 1.61. The molecule has 0 radical (unpaired) electrons. The topological polar surface area (TPSA) is 59.2 Å². The highest BCUT2D eigenvalue weighted by Crippen LogP contribution is 2.34. The van der Waals surface area contributed by atoms with Crippen molar-refractivity contribution in [1.29, 1.82) is 0 Å². The maximum absolute atomic E-state index is 13.2. The van der Waals surface area contributed by atoms with Crippen molar-refractivity contribution in [3.05, 3.63) is 35.5 Å². The van der Waals surface area contributed by atoms with Crippen LogP contribution in [0.15, 0.2) is 16.7 Å². The standard InChI is InChI=1S/C13H11F3N2O2/c14-8-4-6(5-9(15)11(8)16)12-17-13(20-18-12)7-2-1-3-10(7)19/h4-5,7,10,19H,1-3H2. The number of hydrogen-bond acceptors (Lipinski definition) is 4. The molecule has 0 bridgehead atoms. The molecule has 3 rings (SSSR count). The van der Waals surface area contributed by atoms with Gasteiger partial charge in [0.15, 0.2) is 17.5 Å². The fourth-order valence-corrected chi connectivity index (χ4v) is 2.42. The Balaban J connectivity index is 1.94. The summed E-state index contributed by atoms with van der Waals surface area (Å²) >= 11 is 0. The van der Waals surface area contributed by atoms with Gasteiger partial charge in [0.25, 0.3) is 0 Å². The summed E-state index contributed by atoms with van der Waals surface area (Å²) in [7, 11) is 0. The largest absolute Gasteiger partial charge is 0.392 e. The van der Waals surface area contributed by atoms with E-state index in [0.717, 1.165) is 25.0 Å². The van der Waals surface area contributed by atoms with Crippen molar-refractivity contribution in [3.63, 3.8) is 0 Å². The lowest BCUT2D eigenvalue weighted by atomic mass is 10.1. The van der Waals surface area contributed by atoms with Crippen LogP contribution in [0.5, 0.6) is 0 Å². The lowest BCUT2D eigenvalue weighted by molar-refractivity contribution is 0.148. The molecule has 4 nitrogen and oxygen atoms in total. The predicted octanol–water partition coefficient (Wildman–Crippen LogP) is 2.78. The average molecular weight is 284 g/mol. The quantitative estimate of drug-likeness (QED) is 0.861. The van der Waals surface area contributed by atoms with Crippen LogP contribution in [0, 0.1) is 17.5 Å². The number of aromatic nitrogens is 2. The minimum absolute atomic E-state index is 0.0103. The van der Waals surface area contributed by atoms with E-state index in [9.17, 15) is 18.3 Å². The Kier molecular flexibility index (Phi) is 3.21. The highest BCUT2D eigenvalue weighted by molar-refractivity contribution is 5.54. The lowest BCUT2D eigenvalue weighted by Gasteiger charge is -2.07. The molecular weight excluding hydrogens is 273 g/mol. The molecule has 0 spiro atoms. The zero-order valence-electron chi connectivity index (χ0n) is 10.3.